The summed E-state index contributed by atoms with van der Waals surface area (Å²) in [6.07, 6.45) is 3.52. The molecule has 1 N–H and O–H groups in total. The van der Waals surface area contributed by atoms with Crippen molar-refractivity contribution in [1.82, 2.24) is 9.21 Å². The lowest BCUT2D eigenvalue weighted by atomic mass is 9.82. The number of fused-ring (bicyclic) bond motifs is 2. The fraction of sp³-hybridized carbons (Fsp3) is 0.692. The zero-order valence-corrected chi connectivity index (χ0v) is 12.9. The van der Waals surface area contributed by atoms with Crippen molar-refractivity contribution < 1.29 is 27.9 Å². The van der Waals surface area contributed by atoms with E-state index < -0.39 is 40.0 Å². The summed E-state index contributed by atoms with van der Waals surface area (Å²) in [6, 6.07) is 0. The molecule has 8 nitrogen and oxygen atoms in total. The number of sulfonamides is 1. The molecule has 3 heterocycles. The van der Waals surface area contributed by atoms with Crippen LogP contribution in [-0.4, -0.2) is 79.2 Å². The maximum atomic E-state index is 12.6. The van der Waals surface area contributed by atoms with Gasteiger partial charge in [0, 0.05) is 26.2 Å². The molecule has 0 spiro atoms. The van der Waals surface area contributed by atoms with Gasteiger partial charge in [0.2, 0.25) is 15.9 Å². The molecule has 122 valence electrons. The van der Waals surface area contributed by atoms with Gasteiger partial charge >= 0.3 is 5.97 Å². The molecule has 2 fully saturated rings. The summed E-state index contributed by atoms with van der Waals surface area (Å²) in [5.41, 5.74) is 0. The summed E-state index contributed by atoms with van der Waals surface area (Å²) in [4.78, 5) is 25.6. The minimum atomic E-state index is -3.26. The van der Waals surface area contributed by atoms with Gasteiger partial charge in [-0.1, -0.05) is 12.2 Å². The van der Waals surface area contributed by atoms with E-state index in [0.29, 0.717) is 0 Å². The van der Waals surface area contributed by atoms with Crippen molar-refractivity contribution in [3.8, 4) is 0 Å². The van der Waals surface area contributed by atoms with Crippen molar-refractivity contribution in [2.45, 2.75) is 12.2 Å². The Balaban J connectivity index is 1.70. The van der Waals surface area contributed by atoms with Crippen molar-refractivity contribution in [1.29, 1.82) is 0 Å². The van der Waals surface area contributed by atoms with Gasteiger partial charge in [-0.3, -0.25) is 9.59 Å². The number of aliphatic carboxylic acids is 1. The lowest BCUT2D eigenvalue weighted by Crippen LogP contribution is -2.53. The molecule has 0 aliphatic carbocycles. The minimum absolute atomic E-state index is 0.236. The van der Waals surface area contributed by atoms with Gasteiger partial charge in [0.1, 0.15) is 5.92 Å². The van der Waals surface area contributed by atoms with Gasteiger partial charge in [0.25, 0.3) is 0 Å². The first-order valence-corrected chi connectivity index (χ1v) is 8.94. The van der Waals surface area contributed by atoms with E-state index in [1.54, 1.807) is 17.1 Å². The number of ether oxygens (including phenoxy) is 1. The molecule has 1 amide bonds. The Kier molecular flexibility index (Phi) is 3.74. The normalized spacial score (nSPS) is 35.0. The van der Waals surface area contributed by atoms with Gasteiger partial charge in [-0.15, -0.1) is 0 Å². The Morgan fingerprint density at radius 3 is 2.14 bits per heavy atom. The van der Waals surface area contributed by atoms with Crippen LogP contribution in [0.15, 0.2) is 12.2 Å². The van der Waals surface area contributed by atoms with E-state index in [1.807, 2.05) is 0 Å². The van der Waals surface area contributed by atoms with Gasteiger partial charge in [-0.2, -0.15) is 4.31 Å². The first kappa shape index (κ1) is 15.4. The van der Waals surface area contributed by atoms with Gasteiger partial charge < -0.3 is 14.7 Å². The van der Waals surface area contributed by atoms with Crippen LogP contribution < -0.4 is 0 Å². The van der Waals surface area contributed by atoms with E-state index in [4.69, 9.17) is 4.74 Å². The topological polar surface area (TPSA) is 104 Å². The van der Waals surface area contributed by atoms with Crippen molar-refractivity contribution >= 4 is 21.9 Å². The van der Waals surface area contributed by atoms with Gasteiger partial charge in [0.15, 0.2) is 0 Å². The third-order valence-corrected chi connectivity index (χ3v) is 5.79. The molecule has 0 unspecified atom stereocenters. The van der Waals surface area contributed by atoms with Crippen LogP contribution in [0.3, 0.4) is 0 Å². The standard InChI is InChI=1S/C13H18N2O6S/c1-22(19,20)15-6-4-14(5-7-15)12(16)10-8-2-3-9(21-8)11(10)13(17)18/h2-3,8-11H,4-7H2,1H3,(H,17,18)/t8-,9-,10-,11-/m0/s1. The second kappa shape index (κ2) is 5.32. The Hall–Kier alpha value is -1.45. The molecule has 0 radical (unpaired) electrons. The number of carboxylic acid groups (broad SMARTS) is 1. The summed E-state index contributed by atoms with van der Waals surface area (Å²) in [6.45, 7) is 1.02. The second-order valence-corrected chi connectivity index (χ2v) is 7.81. The molecule has 3 aliphatic rings. The predicted octanol–water partition coefficient (Wildman–Crippen LogP) is -1.26. The number of piperazine rings is 1. The Labute approximate surface area is 128 Å². The van der Waals surface area contributed by atoms with Crippen LogP contribution >= 0.6 is 0 Å². The number of hydrogen-bond acceptors (Lipinski definition) is 5. The van der Waals surface area contributed by atoms with E-state index in [9.17, 15) is 23.1 Å². The molecule has 2 saturated heterocycles. The highest BCUT2D eigenvalue weighted by Crippen LogP contribution is 2.40. The Bertz CT molecular complexity index is 622. The van der Waals surface area contributed by atoms with Crippen molar-refractivity contribution in [3.63, 3.8) is 0 Å². The quantitative estimate of drug-likeness (QED) is 0.648. The van der Waals surface area contributed by atoms with Gasteiger partial charge in [-0.25, -0.2) is 8.42 Å². The first-order valence-electron chi connectivity index (χ1n) is 7.09. The van der Waals surface area contributed by atoms with Crippen LogP contribution in [0.2, 0.25) is 0 Å². The fourth-order valence-electron chi connectivity index (χ4n) is 3.35. The molecular weight excluding hydrogens is 312 g/mol. The maximum Gasteiger partial charge on any atom is 0.310 e. The van der Waals surface area contributed by atoms with E-state index in [2.05, 4.69) is 0 Å². The molecule has 0 aromatic rings. The van der Waals surface area contributed by atoms with E-state index in [1.165, 1.54) is 4.31 Å². The smallest absolute Gasteiger partial charge is 0.310 e. The average molecular weight is 330 g/mol. The van der Waals surface area contributed by atoms with Crippen molar-refractivity contribution in [2.75, 3.05) is 32.4 Å². The van der Waals surface area contributed by atoms with Gasteiger partial charge in [0.05, 0.1) is 24.4 Å². The average Bonchev–Trinajstić information content (AvgIpc) is 3.06. The minimum Gasteiger partial charge on any atom is -0.481 e. The van der Waals surface area contributed by atoms with Crippen LogP contribution in [0.4, 0.5) is 0 Å². The number of rotatable bonds is 3. The number of hydrogen-bond donors (Lipinski definition) is 1. The molecule has 22 heavy (non-hydrogen) atoms. The van der Waals surface area contributed by atoms with E-state index in [0.717, 1.165) is 6.26 Å². The van der Waals surface area contributed by atoms with Crippen molar-refractivity contribution in [3.05, 3.63) is 12.2 Å². The maximum absolute atomic E-state index is 12.6. The number of nitrogens with zero attached hydrogens (tertiary/aromatic N) is 2. The summed E-state index contributed by atoms with van der Waals surface area (Å²) < 4.78 is 29.8. The SMILES string of the molecule is CS(=O)(=O)N1CCN(C(=O)[C@@H]2[C@@H](C(=O)O)[C@@H]3C=C[C@@H]2O3)CC1. The molecule has 4 atom stereocenters. The van der Waals surface area contributed by atoms with E-state index >= 15 is 0 Å². The third kappa shape index (κ3) is 2.53. The number of carboxylic acids is 1. The van der Waals surface area contributed by atoms with Crippen LogP contribution in [-0.2, 0) is 24.3 Å². The Morgan fingerprint density at radius 2 is 1.64 bits per heavy atom. The zero-order chi connectivity index (χ0) is 16.1. The fourth-order valence-corrected chi connectivity index (χ4v) is 4.17. The highest BCUT2D eigenvalue weighted by atomic mass is 32.2. The monoisotopic (exact) mass is 330 g/mol. The predicted molar refractivity (Wildman–Crippen MR) is 75.4 cm³/mol. The zero-order valence-electron chi connectivity index (χ0n) is 12.1. The molecule has 9 heteroatoms. The Morgan fingerprint density at radius 1 is 1.09 bits per heavy atom. The highest BCUT2D eigenvalue weighted by Gasteiger charge is 2.54. The molecule has 2 bridgehead atoms. The summed E-state index contributed by atoms with van der Waals surface area (Å²) >= 11 is 0. The third-order valence-electron chi connectivity index (χ3n) is 4.49. The largest absolute Gasteiger partial charge is 0.481 e. The molecule has 0 aromatic heterocycles. The molecule has 3 rings (SSSR count). The molecule has 3 aliphatic heterocycles. The molecular formula is C13H18N2O6S. The molecule has 0 aromatic carbocycles. The summed E-state index contributed by atoms with van der Waals surface area (Å²) in [7, 11) is -3.26. The lowest BCUT2D eigenvalue weighted by molar-refractivity contribution is -0.150. The first-order chi connectivity index (χ1) is 10.3. The second-order valence-electron chi connectivity index (χ2n) is 5.83. The van der Waals surface area contributed by atoms with Crippen LogP contribution in [0.5, 0.6) is 0 Å². The number of amides is 1. The lowest BCUT2D eigenvalue weighted by Gasteiger charge is -2.36. The number of carbonyl (C=O) groups is 2. The van der Waals surface area contributed by atoms with Crippen LogP contribution in [0, 0.1) is 11.8 Å². The van der Waals surface area contributed by atoms with Crippen LogP contribution in [0.25, 0.3) is 0 Å². The van der Waals surface area contributed by atoms with Crippen molar-refractivity contribution in [2.24, 2.45) is 11.8 Å². The molecule has 0 saturated carbocycles. The number of carbonyl (C=O) groups excluding carboxylic acids is 1. The summed E-state index contributed by atoms with van der Waals surface area (Å²) in [5, 5.41) is 9.33. The highest BCUT2D eigenvalue weighted by molar-refractivity contribution is 7.88. The van der Waals surface area contributed by atoms with Gasteiger partial charge in [-0.05, 0) is 0 Å². The summed E-state index contributed by atoms with van der Waals surface area (Å²) in [5.74, 6) is -2.89. The van der Waals surface area contributed by atoms with E-state index in [-0.39, 0.29) is 32.1 Å². The van der Waals surface area contributed by atoms with Crippen LogP contribution in [0.1, 0.15) is 0 Å².